The molecular weight excluding hydrogens is 340 g/mol. The number of para-hydroxylation sites is 1. The van der Waals surface area contributed by atoms with E-state index in [9.17, 15) is 4.79 Å². The van der Waals surface area contributed by atoms with Crippen LogP contribution >= 0.6 is 0 Å². The van der Waals surface area contributed by atoms with Gasteiger partial charge in [0.25, 0.3) is 0 Å². The Kier molecular flexibility index (Phi) is 4.98. The van der Waals surface area contributed by atoms with Crippen molar-refractivity contribution in [1.82, 2.24) is 15.0 Å². The van der Waals surface area contributed by atoms with Crippen LogP contribution in [0.1, 0.15) is 12.2 Å². The number of aromatic nitrogens is 2. The van der Waals surface area contributed by atoms with E-state index in [0.29, 0.717) is 18.9 Å². The van der Waals surface area contributed by atoms with Crippen LogP contribution in [0.15, 0.2) is 65.3 Å². The van der Waals surface area contributed by atoms with E-state index in [1.165, 1.54) is 0 Å². The van der Waals surface area contributed by atoms with E-state index in [2.05, 4.69) is 15.0 Å². The minimum absolute atomic E-state index is 0.191. The third kappa shape index (κ3) is 4.06. The van der Waals surface area contributed by atoms with Crippen LogP contribution in [0, 0.1) is 5.92 Å². The molecule has 6 heteroatoms. The highest BCUT2D eigenvalue weighted by Crippen LogP contribution is 2.25. The summed E-state index contributed by atoms with van der Waals surface area (Å²) in [6, 6.07) is 17.5. The van der Waals surface area contributed by atoms with Crippen molar-refractivity contribution in [3.8, 4) is 11.4 Å². The van der Waals surface area contributed by atoms with Crippen molar-refractivity contribution in [3.05, 3.63) is 66.6 Å². The lowest BCUT2D eigenvalue weighted by molar-refractivity contribution is -0.117. The van der Waals surface area contributed by atoms with Gasteiger partial charge in [0.15, 0.2) is 5.76 Å². The van der Waals surface area contributed by atoms with Crippen LogP contribution in [-0.2, 0) is 11.3 Å². The highest BCUT2D eigenvalue weighted by atomic mass is 16.5. The van der Waals surface area contributed by atoms with Gasteiger partial charge >= 0.3 is 0 Å². The van der Waals surface area contributed by atoms with Crippen LogP contribution in [0.4, 0.5) is 5.69 Å². The number of nitrogens with zero attached hydrogens (tertiary/aromatic N) is 4. The van der Waals surface area contributed by atoms with Crippen LogP contribution in [0.2, 0.25) is 0 Å². The average Bonchev–Trinajstić information content (AvgIpc) is 3.29. The number of hydrogen-bond donors (Lipinski definition) is 0. The first-order chi connectivity index (χ1) is 13.2. The molecule has 1 atom stereocenters. The zero-order chi connectivity index (χ0) is 18.6. The van der Waals surface area contributed by atoms with E-state index >= 15 is 0 Å². The SMILES string of the molecule is CN(Cc1cc(-c2ccccn2)no1)CC1CC(=O)N(c2ccccc2)C1. The number of amides is 1. The molecule has 0 spiro atoms. The van der Waals surface area contributed by atoms with Crippen molar-refractivity contribution in [3.63, 3.8) is 0 Å². The Labute approximate surface area is 158 Å². The smallest absolute Gasteiger partial charge is 0.227 e. The first-order valence-corrected chi connectivity index (χ1v) is 9.10. The molecule has 0 N–H and O–H groups in total. The van der Waals surface area contributed by atoms with Gasteiger partial charge in [-0.25, -0.2) is 0 Å². The average molecular weight is 362 g/mol. The molecule has 1 fully saturated rings. The first-order valence-electron chi connectivity index (χ1n) is 9.10. The lowest BCUT2D eigenvalue weighted by atomic mass is 10.1. The van der Waals surface area contributed by atoms with Gasteiger partial charge in [-0.1, -0.05) is 29.4 Å². The van der Waals surface area contributed by atoms with E-state index in [4.69, 9.17) is 4.52 Å². The molecule has 138 valence electrons. The molecule has 0 bridgehead atoms. The largest absolute Gasteiger partial charge is 0.359 e. The summed E-state index contributed by atoms with van der Waals surface area (Å²) in [5, 5.41) is 4.11. The number of benzene rings is 1. The zero-order valence-corrected chi connectivity index (χ0v) is 15.3. The molecule has 0 saturated carbocycles. The molecule has 4 rings (SSSR count). The Bertz CT molecular complexity index is 895. The summed E-state index contributed by atoms with van der Waals surface area (Å²) in [5.41, 5.74) is 2.52. The predicted molar refractivity (Wildman–Crippen MR) is 103 cm³/mol. The summed E-state index contributed by atoms with van der Waals surface area (Å²) in [4.78, 5) is 20.7. The number of pyridine rings is 1. The second-order valence-electron chi connectivity index (χ2n) is 7.00. The minimum atomic E-state index is 0.191. The molecule has 6 nitrogen and oxygen atoms in total. The summed E-state index contributed by atoms with van der Waals surface area (Å²) in [6.07, 6.45) is 2.32. The maximum atomic E-state index is 12.4. The van der Waals surface area contributed by atoms with E-state index in [1.807, 2.05) is 66.5 Å². The molecule has 3 heterocycles. The van der Waals surface area contributed by atoms with Gasteiger partial charge in [0, 0.05) is 37.5 Å². The van der Waals surface area contributed by atoms with Crippen molar-refractivity contribution >= 4 is 11.6 Å². The van der Waals surface area contributed by atoms with Gasteiger partial charge in [0.05, 0.1) is 12.2 Å². The van der Waals surface area contributed by atoms with Gasteiger partial charge in [-0.3, -0.25) is 14.7 Å². The predicted octanol–water partition coefficient (Wildman–Crippen LogP) is 3.22. The molecule has 1 unspecified atom stereocenters. The van der Waals surface area contributed by atoms with Crippen molar-refractivity contribution in [2.75, 3.05) is 25.0 Å². The summed E-state index contributed by atoms with van der Waals surface area (Å²) >= 11 is 0. The van der Waals surface area contributed by atoms with Crippen LogP contribution in [0.25, 0.3) is 11.4 Å². The van der Waals surface area contributed by atoms with Crippen LogP contribution < -0.4 is 4.90 Å². The third-order valence-corrected chi connectivity index (χ3v) is 4.75. The molecule has 1 aliphatic rings. The van der Waals surface area contributed by atoms with Crippen molar-refractivity contribution in [2.24, 2.45) is 5.92 Å². The normalized spacial score (nSPS) is 17.0. The fraction of sp³-hybridized carbons (Fsp3) is 0.286. The highest BCUT2D eigenvalue weighted by molar-refractivity contribution is 5.95. The number of carbonyl (C=O) groups is 1. The third-order valence-electron chi connectivity index (χ3n) is 4.75. The lowest BCUT2D eigenvalue weighted by Crippen LogP contribution is -2.28. The van der Waals surface area contributed by atoms with Crippen LogP contribution in [-0.4, -0.2) is 41.1 Å². The van der Waals surface area contributed by atoms with E-state index < -0.39 is 0 Å². The standard InChI is InChI=1S/C21H22N4O2/c1-24(15-18-12-20(23-27-18)19-9-5-6-10-22-19)13-16-11-21(26)25(14-16)17-7-3-2-4-8-17/h2-10,12,16H,11,13-15H2,1H3. The Hall–Kier alpha value is -2.99. The summed E-state index contributed by atoms with van der Waals surface area (Å²) in [7, 11) is 2.04. The maximum absolute atomic E-state index is 12.4. The Morgan fingerprint density at radius 3 is 2.74 bits per heavy atom. The number of anilines is 1. The van der Waals surface area contributed by atoms with Gasteiger partial charge in [-0.05, 0) is 37.2 Å². The molecule has 3 aromatic rings. The Morgan fingerprint density at radius 2 is 1.96 bits per heavy atom. The van der Waals surface area contributed by atoms with Gasteiger partial charge in [0.2, 0.25) is 5.91 Å². The molecule has 0 aliphatic carbocycles. The monoisotopic (exact) mass is 362 g/mol. The van der Waals surface area contributed by atoms with Gasteiger partial charge in [-0.15, -0.1) is 0 Å². The molecule has 0 radical (unpaired) electrons. The zero-order valence-electron chi connectivity index (χ0n) is 15.3. The van der Waals surface area contributed by atoms with Gasteiger partial charge in [-0.2, -0.15) is 0 Å². The molecule has 1 saturated heterocycles. The topological polar surface area (TPSA) is 62.5 Å². The molecule has 2 aromatic heterocycles. The van der Waals surface area contributed by atoms with E-state index in [0.717, 1.165) is 35.9 Å². The summed E-state index contributed by atoms with van der Waals surface area (Å²) in [5.74, 6) is 1.29. The Morgan fingerprint density at radius 1 is 1.15 bits per heavy atom. The van der Waals surface area contributed by atoms with Crippen LogP contribution in [0.5, 0.6) is 0 Å². The fourth-order valence-electron chi connectivity index (χ4n) is 3.56. The van der Waals surface area contributed by atoms with Crippen molar-refractivity contribution < 1.29 is 9.32 Å². The maximum Gasteiger partial charge on any atom is 0.227 e. The molecule has 1 aromatic carbocycles. The second-order valence-corrected chi connectivity index (χ2v) is 7.00. The highest BCUT2D eigenvalue weighted by Gasteiger charge is 2.31. The van der Waals surface area contributed by atoms with Crippen molar-refractivity contribution in [1.29, 1.82) is 0 Å². The summed E-state index contributed by atoms with van der Waals surface area (Å²) < 4.78 is 5.46. The Balaban J connectivity index is 1.34. The van der Waals surface area contributed by atoms with Crippen molar-refractivity contribution in [2.45, 2.75) is 13.0 Å². The van der Waals surface area contributed by atoms with Gasteiger partial charge in [0.1, 0.15) is 5.69 Å². The first kappa shape index (κ1) is 17.4. The number of hydrogen-bond acceptors (Lipinski definition) is 5. The minimum Gasteiger partial charge on any atom is -0.359 e. The molecule has 1 aliphatic heterocycles. The van der Waals surface area contributed by atoms with E-state index in [-0.39, 0.29) is 5.91 Å². The van der Waals surface area contributed by atoms with Gasteiger partial charge < -0.3 is 9.42 Å². The molecular formula is C21H22N4O2. The molecule has 1 amide bonds. The molecule has 27 heavy (non-hydrogen) atoms. The quantitative estimate of drug-likeness (QED) is 0.674. The fourth-order valence-corrected chi connectivity index (χ4v) is 3.56. The number of rotatable bonds is 6. The second kappa shape index (κ2) is 7.72. The number of carbonyl (C=O) groups excluding carboxylic acids is 1. The van der Waals surface area contributed by atoms with Crippen LogP contribution in [0.3, 0.4) is 0 Å². The van der Waals surface area contributed by atoms with E-state index in [1.54, 1.807) is 6.20 Å². The lowest BCUT2D eigenvalue weighted by Gasteiger charge is -2.20. The summed E-state index contributed by atoms with van der Waals surface area (Å²) in [6.45, 7) is 2.23.